The number of ether oxygens (including phenoxy) is 1. The molecule has 3 rings (SSSR count). The van der Waals surface area contributed by atoms with Gasteiger partial charge >= 0.3 is 0 Å². The second-order valence-corrected chi connectivity index (χ2v) is 10.3. The van der Waals surface area contributed by atoms with Gasteiger partial charge in [0.15, 0.2) is 0 Å². The van der Waals surface area contributed by atoms with Gasteiger partial charge in [0.1, 0.15) is 0 Å². The van der Waals surface area contributed by atoms with Gasteiger partial charge in [0.05, 0.1) is 24.1 Å². The van der Waals surface area contributed by atoms with Crippen LogP contribution in [0.15, 0.2) is 35.1 Å². The van der Waals surface area contributed by atoms with E-state index in [0.29, 0.717) is 17.6 Å². The van der Waals surface area contributed by atoms with E-state index in [0.717, 1.165) is 24.8 Å². The lowest BCUT2D eigenvalue weighted by Gasteiger charge is -2.53. The fourth-order valence-corrected chi connectivity index (χ4v) is 5.62. The van der Waals surface area contributed by atoms with Gasteiger partial charge in [-0.1, -0.05) is 58.6 Å². The van der Waals surface area contributed by atoms with Crippen molar-refractivity contribution in [2.45, 2.75) is 91.3 Å². The first-order valence-corrected chi connectivity index (χ1v) is 11.3. The molecule has 0 aromatic carbocycles. The number of rotatable bonds is 7. The van der Waals surface area contributed by atoms with Crippen LogP contribution in [-0.4, -0.2) is 28.5 Å². The van der Waals surface area contributed by atoms with E-state index in [1.54, 1.807) is 0 Å². The van der Waals surface area contributed by atoms with E-state index >= 15 is 0 Å². The van der Waals surface area contributed by atoms with E-state index in [1.165, 1.54) is 31.3 Å². The van der Waals surface area contributed by atoms with Crippen LogP contribution >= 0.6 is 0 Å². The first-order chi connectivity index (χ1) is 13.2. The number of allylic oxidation sites excluding steroid dienone is 3. The molecule has 2 aliphatic carbocycles. The van der Waals surface area contributed by atoms with Crippen LogP contribution < -0.4 is 0 Å². The van der Waals surface area contributed by atoms with Crippen LogP contribution in [0.25, 0.3) is 0 Å². The van der Waals surface area contributed by atoms with Crippen LogP contribution in [0.2, 0.25) is 0 Å². The minimum atomic E-state index is -0.228. The van der Waals surface area contributed by atoms with E-state index in [4.69, 9.17) is 4.74 Å². The van der Waals surface area contributed by atoms with Crippen molar-refractivity contribution in [3.05, 3.63) is 35.1 Å². The van der Waals surface area contributed by atoms with Crippen molar-refractivity contribution < 1.29 is 14.9 Å². The monoisotopic (exact) mass is 388 g/mol. The summed E-state index contributed by atoms with van der Waals surface area (Å²) in [5.74, 6) is 1.18. The highest BCUT2D eigenvalue weighted by atomic mass is 16.5. The van der Waals surface area contributed by atoms with Gasteiger partial charge < -0.3 is 14.9 Å². The molecule has 3 aliphatic rings. The van der Waals surface area contributed by atoms with Crippen LogP contribution in [0.3, 0.4) is 0 Å². The Hall–Kier alpha value is -1.06. The number of hydrogen-bond donors (Lipinski definition) is 2. The zero-order valence-corrected chi connectivity index (χ0v) is 18.5. The predicted molar refractivity (Wildman–Crippen MR) is 115 cm³/mol. The number of aliphatic hydroxyl groups is 2. The van der Waals surface area contributed by atoms with E-state index in [-0.39, 0.29) is 29.6 Å². The van der Waals surface area contributed by atoms with Crippen molar-refractivity contribution in [1.29, 1.82) is 0 Å². The molecule has 2 N–H and O–H groups in total. The highest BCUT2D eigenvalue weighted by Gasteiger charge is 2.52. The summed E-state index contributed by atoms with van der Waals surface area (Å²) < 4.78 is 6.59. The molecule has 0 amide bonds. The fraction of sp³-hybridized carbons (Fsp3) is 0.760. The summed E-state index contributed by atoms with van der Waals surface area (Å²) in [4.78, 5) is 0. The van der Waals surface area contributed by atoms with Gasteiger partial charge in [0, 0.05) is 5.92 Å². The maximum absolute atomic E-state index is 11.1. The number of aliphatic hydroxyl groups excluding tert-OH is 2. The molecule has 28 heavy (non-hydrogen) atoms. The summed E-state index contributed by atoms with van der Waals surface area (Å²) in [7, 11) is 0. The van der Waals surface area contributed by atoms with Crippen molar-refractivity contribution in [3.8, 4) is 0 Å². The molecule has 1 saturated heterocycles. The molecule has 3 nitrogen and oxygen atoms in total. The second kappa shape index (κ2) is 8.36. The van der Waals surface area contributed by atoms with Crippen LogP contribution in [-0.2, 0) is 4.74 Å². The van der Waals surface area contributed by atoms with Crippen LogP contribution in [0, 0.1) is 23.2 Å². The molecular formula is C25H40O3. The molecular weight excluding hydrogens is 348 g/mol. The Bertz CT molecular complexity index is 653. The molecule has 1 aliphatic heterocycles. The third kappa shape index (κ3) is 4.26. The summed E-state index contributed by atoms with van der Waals surface area (Å²) in [5.41, 5.74) is 2.13. The Morgan fingerprint density at radius 1 is 1.21 bits per heavy atom. The van der Waals surface area contributed by atoms with Crippen LogP contribution in [0.4, 0.5) is 0 Å². The fourth-order valence-electron chi connectivity index (χ4n) is 5.62. The van der Waals surface area contributed by atoms with Crippen molar-refractivity contribution in [2.24, 2.45) is 23.2 Å². The predicted octanol–water partition coefficient (Wildman–Crippen LogP) is 6.10. The number of hydrogen-bond acceptors (Lipinski definition) is 3. The van der Waals surface area contributed by atoms with Gasteiger partial charge in [-0.3, -0.25) is 0 Å². The third-order valence-electron chi connectivity index (χ3n) is 7.45. The third-order valence-corrected chi connectivity index (χ3v) is 7.45. The van der Waals surface area contributed by atoms with Crippen molar-refractivity contribution in [3.63, 3.8) is 0 Å². The van der Waals surface area contributed by atoms with Crippen molar-refractivity contribution in [2.75, 3.05) is 6.61 Å². The summed E-state index contributed by atoms with van der Waals surface area (Å²) in [6, 6.07) is 0. The average molecular weight is 389 g/mol. The summed E-state index contributed by atoms with van der Waals surface area (Å²) in [5, 5.41) is 20.7. The smallest absolute Gasteiger partial charge is 0.0988 e. The normalized spacial score (nSPS) is 32.0. The van der Waals surface area contributed by atoms with Crippen molar-refractivity contribution >= 4 is 0 Å². The molecule has 1 fully saturated rings. The van der Waals surface area contributed by atoms with Gasteiger partial charge in [-0.2, -0.15) is 0 Å². The molecule has 2 unspecified atom stereocenters. The minimum absolute atomic E-state index is 0.00733. The highest BCUT2D eigenvalue weighted by Crippen LogP contribution is 2.53. The summed E-state index contributed by atoms with van der Waals surface area (Å²) in [6.07, 6.45) is 14.4. The Morgan fingerprint density at radius 3 is 2.64 bits per heavy atom. The van der Waals surface area contributed by atoms with E-state index in [2.05, 4.69) is 46.8 Å². The number of fused-ring (bicyclic) bond motifs is 3. The standard InChI is InChI=1S/C25H40O3/c1-6-7-8-9-12-24(2,3)18-14-21(27)23-19-13-17(16-26)10-11-20(19)25(4,5)28-22(23)15-18/h10,14-15,19-20,22-23,26-27H,6-9,11-13,16H2,1-5H3/t19-,20-,22?,23?/m0/s1. The Labute approximate surface area is 171 Å². The second-order valence-electron chi connectivity index (χ2n) is 10.3. The number of unbranched alkanes of at least 4 members (excludes halogenated alkanes) is 3. The Balaban J connectivity index is 1.83. The SMILES string of the molecule is CCCCCCC(C)(C)C1=CC2OC(C)(C)[C@H]3CC=C(CO)C[C@@H]3C2C(O)=C1. The maximum atomic E-state index is 11.1. The van der Waals surface area contributed by atoms with Crippen LogP contribution in [0.1, 0.15) is 79.6 Å². The maximum Gasteiger partial charge on any atom is 0.0988 e. The lowest BCUT2D eigenvalue weighted by Crippen LogP contribution is -2.54. The molecule has 0 aromatic rings. The molecule has 0 saturated carbocycles. The largest absolute Gasteiger partial charge is 0.512 e. The average Bonchev–Trinajstić information content (AvgIpc) is 2.63. The van der Waals surface area contributed by atoms with Gasteiger partial charge in [0.25, 0.3) is 0 Å². The first kappa shape index (κ1) is 21.6. The first-order valence-electron chi connectivity index (χ1n) is 11.3. The van der Waals surface area contributed by atoms with Gasteiger partial charge in [-0.15, -0.1) is 0 Å². The lowest BCUT2D eigenvalue weighted by molar-refractivity contribution is -0.177. The zero-order valence-electron chi connectivity index (χ0n) is 18.5. The zero-order chi connectivity index (χ0) is 20.5. The van der Waals surface area contributed by atoms with E-state index < -0.39 is 0 Å². The summed E-state index contributed by atoms with van der Waals surface area (Å²) in [6.45, 7) is 11.3. The lowest BCUT2D eigenvalue weighted by atomic mass is 9.61. The molecule has 3 heteroatoms. The quantitative estimate of drug-likeness (QED) is 0.409. The molecule has 0 aromatic heterocycles. The molecule has 0 spiro atoms. The molecule has 4 atom stereocenters. The van der Waals surface area contributed by atoms with Gasteiger partial charge in [-0.25, -0.2) is 0 Å². The van der Waals surface area contributed by atoms with Gasteiger partial charge in [0.2, 0.25) is 0 Å². The van der Waals surface area contributed by atoms with E-state index in [9.17, 15) is 10.2 Å². The highest BCUT2D eigenvalue weighted by molar-refractivity contribution is 5.36. The van der Waals surface area contributed by atoms with E-state index in [1.807, 2.05) is 6.08 Å². The molecule has 0 radical (unpaired) electrons. The molecule has 0 bridgehead atoms. The minimum Gasteiger partial charge on any atom is -0.512 e. The van der Waals surface area contributed by atoms with Crippen LogP contribution in [0.5, 0.6) is 0 Å². The Morgan fingerprint density at radius 2 is 1.96 bits per heavy atom. The topological polar surface area (TPSA) is 49.7 Å². The summed E-state index contributed by atoms with van der Waals surface area (Å²) >= 11 is 0. The molecule has 158 valence electrons. The van der Waals surface area contributed by atoms with Crippen molar-refractivity contribution in [1.82, 2.24) is 0 Å². The molecule has 1 heterocycles. The van der Waals surface area contributed by atoms with Gasteiger partial charge in [-0.05, 0) is 67.6 Å². The Kier molecular flexibility index (Phi) is 6.46.